The molecule has 5 aromatic rings. The molecule has 0 atom stereocenters. The number of hydrogen-bond acceptors (Lipinski definition) is 6. The van der Waals surface area contributed by atoms with Crippen LogP contribution < -0.4 is 15.6 Å². The average Bonchev–Trinajstić information content (AvgIpc) is 3.62. The third-order valence-electron chi connectivity index (χ3n) is 5.99. The number of aromatic nitrogens is 2. The van der Waals surface area contributed by atoms with Crippen LogP contribution in [0.4, 0.5) is 5.69 Å². The highest BCUT2D eigenvalue weighted by Crippen LogP contribution is 2.38. The minimum Gasteiger partial charge on any atom is -0.495 e. The van der Waals surface area contributed by atoms with E-state index in [0.717, 1.165) is 29.2 Å². The predicted octanol–water partition coefficient (Wildman–Crippen LogP) is 5.37. The second-order valence-electron chi connectivity index (χ2n) is 8.30. The third kappa shape index (κ3) is 3.60. The minimum atomic E-state index is -0.219. The van der Waals surface area contributed by atoms with E-state index in [2.05, 4.69) is 10.3 Å². The van der Waals surface area contributed by atoms with E-state index < -0.39 is 0 Å². The summed E-state index contributed by atoms with van der Waals surface area (Å²) in [5.41, 5.74) is 2.57. The molecule has 2 aromatic heterocycles. The maximum atomic E-state index is 13.0. The standard InChI is InChI=1S/C26H21N3O4S/c1-32-23-12-18-16-6-3-5-9-21(16)33-22(18)13-20(23)27-24(30)14-34-26-28-19-8-4-2-7-17(19)25(31)29(26)15-10-11-15/h2-9,12-13,15H,10-11,14H2,1H3,(H,27,30). The van der Waals surface area contributed by atoms with Gasteiger partial charge in [-0.2, -0.15) is 0 Å². The summed E-state index contributed by atoms with van der Waals surface area (Å²) in [7, 11) is 1.57. The van der Waals surface area contributed by atoms with Gasteiger partial charge in [-0.05, 0) is 37.1 Å². The number of hydrogen-bond donors (Lipinski definition) is 1. The van der Waals surface area contributed by atoms with Crippen LogP contribution in [0.1, 0.15) is 18.9 Å². The Morgan fingerprint density at radius 1 is 1.09 bits per heavy atom. The van der Waals surface area contributed by atoms with Crippen molar-refractivity contribution in [2.45, 2.75) is 24.0 Å². The molecule has 1 N–H and O–H groups in total. The number of para-hydroxylation sites is 2. The van der Waals surface area contributed by atoms with Gasteiger partial charge in [0, 0.05) is 22.9 Å². The van der Waals surface area contributed by atoms with E-state index in [1.165, 1.54) is 11.8 Å². The summed E-state index contributed by atoms with van der Waals surface area (Å²) >= 11 is 1.27. The Bertz CT molecular complexity index is 1630. The van der Waals surface area contributed by atoms with Gasteiger partial charge < -0.3 is 14.5 Å². The fraction of sp³-hybridized carbons (Fsp3) is 0.192. The van der Waals surface area contributed by atoms with Crippen LogP contribution in [0.2, 0.25) is 0 Å². The number of anilines is 1. The number of methoxy groups -OCH3 is 1. The number of amides is 1. The van der Waals surface area contributed by atoms with Crippen molar-refractivity contribution in [1.82, 2.24) is 9.55 Å². The van der Waals surface area contributed by atoms with Crippen molar-refractivity contribution >= 4 is 56.2 Å². The van der Waals surface area contributed by atoms with Gasteiger partial charge in [0.05, 0.1) is 29.5 Å². The van der Waals surface area contributed by atoms with E-state index in [-0.39, 0.29) is 23.3 Å². The Kier molecular flexibility index (Phi) is 5.03. The van der Waals surface area contributed by atoms with Crippen LogP contribution in [0, 0.1) is 0 Å². The molecule has 0 bridgehead atoms. The molecule has 0 aliphatic heterocycles. The smallest absolute Gasteiger partial charge is 0.262 e. The summed E-state index contributed by atoms with van der Waals surface area (Å²) in [4.78, 5) is 30.6. The molecule has 2 heterocycles. The number of carbonyl (C=O) groups is 1. The average molecular weight is 472 g/mol. The minimum absolute atomic E-state index is 0.0481. The van der Waals surface area contributed by atoms with E-state index in [1.54, 1.807) is 23.8 Å². The lowest BCUT2D eigenvalue weighted by Gasteiger charge is -2.13. The summed E-state index contributed by atoms with van der Waals surface area (Å²) in [6, 6.07) is 18.9. The Morgan fingerprint density at radius 2 is 1.85 bits per heavy atom. The van der Waals surface area contributed by atoms with Crippen LogP contribution in [0.15, 0.2) is 75.0 Å². The van der Waals surface area contributed by atoms with Crippen molar-refractivity contribution < 1.29 is 13.9 Å². The lowest BCUT2D eigenvalue weighted by molar-refractivity contribution is -0.113. The van der Waals surface area contributed by atoms with Crippen LogP contribution in [0.5, 0.6) is 5.75 Å². The zero-order valence-corrected chi connectivity index (χ0v) is 19.2. The highest BCUT2D eigenvalue weighted by Gasteiger charge is 2.28. The van der Waals surface area contributed by atoms with Crippen molar-refractivity contribution in [3.63, 3.8) is 0 Å². The van der Waals surface area contributed by atoms with Gasteiger partial charge in [-0.25, -0.2) is 4.98 Å². The van der Waals surface area contributed by atoms with Crippen LogP contribution in [-0.2, 0) is 4.79 Å². The van der Waals surface area contributed by atoms with Crippen molar-refractivity contribution in [3.05, 3.63) is 71.0 Å². The van der Waals surface area contributed by atoms with E-state index >= 15 is 0 Å². The molecular weight excluding hydrogens is 450 g/mol. The fourth-order valence-electron chi connectivity index (χ4n) is 4.22. The summed E-state index contributed by atoms with van der Waals surface area (Å²) < 4.78 is 13.2. The molecule has 0 spiro atoms. The number of ether oxygens (including phenoxy) is 1. The zero-order chi connectivity index (χ0) is 23.2. The molecule has 0 radical (unpaired) electrons. The first-order chi connectivity index (χ1) is 16.6. The van der Waals surface area contributed by atoms with Crippen molar-refractivity contribution in [2.75, 3.05) is 18.2 Å². The lowest BCUT2D eigenvalue weighted by atomic mass is 10.1. The van der Waals surface area contributed by atoms with E-state index in [1.807, 2.05) is 48.5 Å². The Morgan fingerprint density at radius 3 is 2.65 bits per heavy atom. The maximum absolute atomic E-state index is 13.0. The summed E-state index contributed by atoms with van der Waals surface area (Å²) in [5, 5.41) is 6.01. The molecule has 7 nitrogen and oxygen atoms in total. The van der Waals surface area contributed by atoms with Crippen molar-refractivity contribution in [1.29, 1.82) is 0 Å². The first-order valence-electron chi connectivity index (χ1n) is 11.1. The number of nitrogens with zero attached hydrogens (tertiary/aromatic N) is 2. The Balaban J connectivity index is 1.27. The third-order valence-corrected chi connectivity index (χ3v) is 6.95. The molecule has 34 heavy (non-hydrogen) atoms. The van der Waals surface area contributed by atoms with Crippen LogP contribution >= 0.6 is 11.8 Å². The predicted molar refractivity (Wildman–Crippen MR) is 134 cm³/mol. The molecule has 1 fully saturated rings. The van der Waals surface area contributed by atoms with Gasteiger partial charge in [-0.1, -0.05) is 42.1 Å². The highest BCUT2D eigenvalue weighted by molar-refractivity contribution is 7.99. The van der Waals surface area contributed by atoms with Gasteiger partial charge >= 0.3 is 0 Å². The van der Waals surface area contributed by atoms with E-state index in [4.69, 9.17) is 9.15 Å². The van der Waals surface area contributed by atoms with Crippen LogP contribution in [-0.4, -0.2) is 28.3 Å². The molecule has 0 unspecified atom stereocenters. The maximum Gasteiger partial charge on any atom is 0.262 e. The van der Waals surface area contributed by atoms with Gasteiger partial charge in [-0.3, -0.25) is 14.2 Å². The molecule has 1 aliphatic rings. The second-order valence-corrected chi connectivity index (χ2v) is 9.24. The monoisotopic (exact) mass is 471 g/mol. The summed E-state index contributed by atoms with van der Waals surface area (Å²) in [6.07, 6.45) is 1.91. The molecule has 3 aromatic carbocycles. The quantitative estimate of drug-likeness (QED) is 0.265. The zero-order valence-electron chi connectivity index (χ0n) is 18.4. The number of rotatable bonds is 6. The number of fused-ring (bicyclic) bond motifs is 4. The van der Waals surface area contributed by atoms with Gasteiger partial charge in [0.2, 0.25) is 5.91 Å². The second kappa shape index (κ2) is 8.22. The van der Waals surface area contributed by atoms with Gasteiger partial charge in [0.25, 0.3) is 5.56 Å². The highest BCUT2D eigenvalue weighted by atomic mass is 32.2. The van der Waals surface area contributed by atoms with Gasteiger partial charge in [-0.15, -0.1) is 0 Å². The topological polar surface area (TPSA) is 86.4 Å². The SMILES string of the molecule is COc1cc2c(cc1NC(=O)CSc1nc3ccccc3c(=O)n1C1CC1)oc1ccccc12. The van der Waals surface area contributed by atoms with Gasteiger partial charge in [0.1, 0.15) is 16.9 Å². The summed E-state index contributed by atoms with van der Waals surface area (Å²) in [6.45, 7) is 0. The van der Waals surface area contributed by atoms with Crippen LogP contribution in [0.3, 0.4) is 0 Å². The molecule has 170 valence electrons. The van der Waals surface area contributed by atoms with E-state index in [9.17, 15) is 9.59 Å². The Labute approximate surface area is 198 Å². The number of thioether (sulfide) groups is 1. The number of nitrogens with one attached hydrogen (secondary N) is 1. The van der Waals surface area contributed by atoms with Gasteiger partial charge in [0.15, 0.2) is 5.16 Å². The number of furan rings is 1. The largest absolute Gasteiger partial charge is 0.495 e. The first kappa shape index (κ1) is 20.8. The molecule has 1 aliphatic carbocycles. The van der Waals surface area contributed by atoms with E-state index in [0.29, 0.717) is 33.1 Å². The normalized spacial score (nSPS) is 13.6. The Hall–Kier alpha value is -3.78. The molecule has 0 saturated heterocycles. The first-order valence-corrected chi connectivity index (χ1v) is 12.0. The number of carbonyl (C=O) groups excluding carboxylic acids is 1. The molecule has 8 heteroatoms. The fourth-order valence-corrected chi connectivity index (χ4v) is 5.08. The van der Waals surface area contributed by atoms with Crippen molar-refractivity contribution in [3.8, 4) is 5.75 Å². The molecule has 1 amide bonds. The molecule has 1 saturated carbocycles. The summed E-state index contributed by atoms with van der Waals surface area (Å²) in [5.74, 6) is 0.443. The molecule has 6 rings (SSSR count). The van der Waals surface area contributed by atoms with Crippen molar-refractivity contribution in [2.24, 2.45) is 0 Å². The number of benzene rings is 3. The lowest BCUT2D eigenvalue weighted by Crippen LogP contribution is -2.23. The van der Waals surface area contributed by atoms with Crippen LogP contribution in [0.25, 0.3) is 32.8 Å². The molecular formula is C26H21N3O4S.